The molecule has 3 aliphatic rings. The molecule has 0 atom stereocenters. The van der Waals surface area contributed by atoms with Crippen molar-refractivity contribution in [2.75, 3.05) is 14.7 Å². The first-order chi connectivity index (χ1) is 68.6. The Morgan fingerprint density at radius 3 is 0.850 bits per heavy atom. The fraction of sp³-hybridized carbons (Fsp3) is 0.0677. The van der Waals surface area contributed by atoms with Crippen molar-refractivity contribution in [2.45, 2.75) is 57.8 Å². The Hall–Kier alpha value is -17.5. The molecular formula is C133H93N3O4. The van der Waals surface area contributed by atoms with Crippen molar-refractivity contribution in [1.82, 2.24) is 0 Å². The van der Waals surface area contributed by atoms with Crippen LogP contribution in [0, 0.1) is 0 Å². The van der Waals surface area contributed by atoms with E-state index in [0.717, 1.165) is 144 Å². The summed E-state index contributed by atoms with van der Waals surface area (Å²) in [7, 11) is 0. The Balaban J connectivity index is 0.000000106. The molecule has 664 valence electrons. The van der Waals surface area contributed by atoms with Gasteiger partial charge in [-0.3, -0.25) is 0 Å². The normalized spacial score (nSPS) is 13.4. The van der Waals surface area contributed by atoms with Crippen molar-refractivity contribution in [3.63, 3.8) is 0 Å². The Morgan fingerprint density at radius 2 is 0.429 bits per heavy atom. The van der Waals surface area contributed by atoms with Crippen LogP contribution in [0.4, 0.5) is 51.2 Å². The third-order valence-electron chi connectivity index (χ3n) is 30.3. The lowest BCUT2D eigenvalue weighted by Crippen LogP contribution is -2.15. The largest absolute Gasteiger partial charge is 0.456 e. The Kier molecular flexibility index (Phi) is 18.6. The van der Waals surface area contributed by atoms with Crippen molar-refractivity contribution in [2.24, 2.45) is 0 Å². The van der Waals surface area contributed by atoms with Crippen molar-refractivity contribution in [3.8, 4) is 55.6 Å². The van der Waals surface area contributed by atoms with Crippen LogP contribution in [0.5, 0.6) is 0 Å². The minimum atomic E-state index is -0.0770. The van der Waals surface area contributed by atoms with E-state index in [1.54, 1.807) is 0 Å². The monoisotopic (exact) mass is 1800 g/mol. The van der Waals surface area contributed by atoms with E-state index in [9.17, 15) is 0 Å². The third-order valence-corrected chi connectivity index (χ3v) is 30.3. The van der Waals surface area contributed by atoms with Gasteiger partial charge in [0.05, 0.1) is 0 Å². The van der Waals surface area contributed by atoms with Gasteiger partial charge in [0.25, 0.3) is 0 Å². The minimum absolute atomic E-state index is 0.0622. The number of hydrogen-bond donors (Lipinski definition) is 0. The van der Waals surface area contributed by atoms with E-state index >= 15 is 0 Å². The molecule has 22 aromatic carbocycles. The predicted octanol–water partition coefficient (Wildman–Crippen LogP) is 37.9. The number of fused-ring (bicyclic) bond motifs is 29. The fourth-order valence-electron chi connectivity index (χ4n) is 23.7. The second-order valence-electron chi connectivity index (χ2n) is 39.3. The summed E-state index contributed by atoms with van der Waals surface area (Å²) < 4.78 is 25.3. The number of furan rings is 4. The molecule has 29 rings (SSSR count). The molecule has 140 heavy (non-hydrogen) atoms. The van der Waals surface area contributed by atoms with E-state index in [1.807, 2.05) is 36.4 Å². The number of anilines is 9. The lowest BCUT2D eigenvalue weighted by Gasteiger charge is -2.27. The van der Waals surface area contributed by atoms with Crippen LogP contribution in [0.2, 0.25) is 0 Å². The average Bonchev–Trinajstić information content (AvgIpc) is 1.56. The van der Waals surface area contributed by atoms with Crippen LogP contribution in [0.25, 0.3) is 186 Å². The summed E-state index contributed by atoms with van der Waals surface area (Å²) in [4.78, 5) is 7.07. The van der Waals surface area contributed by atoms with Gasteiger partial charge >= 0.3 is 0 Å². The highest BCUT2D eigenvalue weighted by Gasteiger charge is 2.40. The summed E-state index contributed by atoms with van der Waals surface area (Å²) in [6.07, 6.45) is 0. The molecule has 0 radical (unpaired) electrons. The van der Waals surface area contributed by atoms with Gasteiger partial charge in [-0.25, -0.2) is 0 Å². The van der Waals surface area contributed by atoms with Gasteiger partial charge in [0.2, 0.25) is 0 Å². The molecule has 4 heterocycles. The van der Waals surface area contributed by atoms with Gasteiger partial charge in [0.1, 0.15) is 44.7 Å². The average molecular weight is 1800 g/mol. The van der Waals surface area contributed by atoms with E-state index in [1.165, 1.54) is 127 Å². The van der Waals surface area contributed by atoms with E-state index in [-0.39, 0.29) is 16.2 Å². The molecule has 7 nitrogen and oxygen atoms in total. The highest BCUT2D eigenvalue weighted by atomic mass is 16.3. The highest BCUT2D eigenvalue weighted by Crippen LogP contribution is 2.57. The van der Waals surface area contributed by atoms with Crippen LogP contribution < -0.4 is 14.7 Å². The zero-order valence-electron chi connectivity index (χ0n) is 78.3. The zero-order valence-corrected chi connectivity index (χ0v) is 78.3. The van der Waals surface area contributed by atoms with Gasteiger partial charge in [-0.2, -0.15) is 0 Å². The smallest absolute Gasteiger partial charge is 0.143 e. The number of para-hydroxylation sites is 3. The van der Waals surface area contributed by atoms with Crippen molar-refractivity contribution in [1.29, 1.82) is 0 Å². The van der Waals surface area contributed by atoms with Gasteiger partial charge in [-0.1, -0.05) is 339 Å². The lowest BCUT2D eigenvalue weighted by molar-refractivity contribution is 0.666. The topological polar surface area (TPSA) is 62.3 Å². The Morgan fingerprint density at radius 1 is 0.157 bits per heavy atom. The van der Waals surface area contributed by atoms with Gasteiger partial charge < -0.3 is 32.4 Å². The molecule has 26 aromatic rings. The van der Waals surface area contributed by atoms with Gasteiger partial charge in [-0.15, -0.1) is 0 Å². The Labute approximate surface area is 810 Å². The van der Waals surface area contributed by atoms with Crippen molar-refractivity contribution in [3.05, 3.63) is 488 Å². The quantitative estimate of drug-likeness (QED) is 0.128. The first-order valence-electron chi connectivity index (χ1n) is 48.5. The fourth-order valence-corrected chi connectivity index (χ4v) is 23.7. The second kappa shape index (κ2) is 31.8. The summed E-state index contributed by atoms with van der Waals surface area (Å²) in [5.74, 6) is 0. The van der Waals surface area contributed by atoms with Crippen LogP contribution in [0.3, 0.4) is 0 Å². The third kappa shape index (κ3) is 13.1. The maximum absolute atomic E-state index is 6.50. The van der Waals surface area contributed by atoms with E-state index in [0.29, 0.717) is 0 Å². The lowest BCUT2D eigenvalue weighted by atomic mass is 9.80. The molecule has 0 aliphatic heterocycles. The minimum Gasteiger partial charge on any atom is -0.456 e. The summed E-state index contributed by atoms with van der Waals surface area (Å²) in [6, 6.07) is 164. The molecule has 0 spiro atoms. The van der Waals surface area contributed by atoms with Gasteiger partial charge in [-0.05, 0) is 278 Å². The molecular weight excluding hydrogens is 1700 g/mol. The molecule has 0 amide bonds. The zero-order chi connectivity index (χ0) is 93.4. The molecule has 4 aromatic heterocycles. The van der Waals surface area contributed by atoms with E-state index in [2.05, 4.69) is 475 Å². The molecule has 0 saturated heterocycles. The first kappa shape index (κ1) is 82.0. The van der Waals surface area contributed by atoms with Gasteiger partial charge in [0, 0.05) is 122 Å². The Bertz CT molecular complexity index is 9560. The summed E-state index contributed by atoms with van der Waals surface area (Å²) in [6.45, 7) is 14.1. The van der Waals surface area contributed by atoms with Crippen LogP contribution in [-0.4, -0.2) is 0 Å². The second-order valence-corrected chi connectivity index (χ2v) is 39.3. The molecule has 0 saturated carbocycles. The summed E-state index contributed by atoms with van der Waals surface area (Å²) in [5, 5.41) is 18.9. The molecule has 0 bridgehead atoms. The highest BCUT2D eigenvalue weighted by molar-refractivity contribution is 6.17. The van der Waals surface area contributed by atoms with Gasteiger partial charge in [0.15, 0.2) is 0 Å². The van der Waals surface area contributed by atoms with E-state index < -0.39 is 0 Å². The SMILES string of the molecule is CC1(C)c2ccccc2-c2ccc3cc(N(c4ccc(-c5ccccc5)cc4)c4ccc5oc6c7ccccc7ccc6c5c4)ccc3c21.CC1(C)c2ccccc2-c2ccc3cc(N(c4ccc(-c5ccccc5)cc4)c4ccc5oc6ccccc6c5c4)ccc3c21.CC1(C)c2ccccc2-c2ccc3cc(N(c4ccc5c(c4)oc4ccccc45)c4ccc5oc6ccccc6c5c4)ccc3c21. The molecule has 7 heteroatoms. The standard InChI is InChI=1S/C47H33NO.C43H29NO2.C43H31NO/c1-47(2)43-15-9-8-14-39(43)40-24-19-33-28-35(22-26-37(33)45(40)47)48(34-20-16-31(17-21-34)30-10-4-3-5-11-30)36-23-27-44-42(29-36)41-25-18-32-12-6-7-13-38(32)46(41)49-44;1-43(2)37-12-6-3-9-31(37)35-19-15-26-23-27(16-20-30(26)42(35)43)44(28-18-22-40-36(24-28)33-11-5-8-14-39(33)45-40)29-17-21-34-32-10-4-7-13-38(32)46-41(34)25-29;1-43(2)39-14-8-6-12-35(39)37-23-18-30-26-32(21-24-34(30)42(37)43)44(31-19-16-29(17-20-31)28-10-4-3-5-11-28)33-22-25-41-38(27-33)36-13-7-9-15-40(36)45-41/h3-29H,1-2H3;3-25H,1-2H3;3-27H,1-2H3. The van der Waals surface area contributed by atoms with Crippen LogP contribution in [0.1, 0.15) is 74.9 Å². The molecule has 0 N–H and O–H groups in total. The first-order valence-corrected chi connectivity index (χ1v) is 48.5. The molecule has 0 unspecified atom stereocenters. The van der Waals surface area contributed by atoms with Crippen LogP contribution in [0.15, 0.2) is 473 Å². The maximum Gasteiger partial charge on any atom is 0.143 e. The number of benzene rings is 22. The van der Waals surface area contributed by atoms with E-state index in [4.69, 9.17) is 17.7 Å². The number of nitrogens with zero attached hydrogens (tertiary/aromatic N) is 3. The van der Waals surface area contributed by atoms with Crippen molar-refractivity contribution >= 4 is 182 Å². The predicted molar refractivity (Wildman–Crippen MR) is 586 cm³/mol. The van der Waals surface area contributed by atoms with Crippen LogP contribution in [-0.2, 0) is 16.2 Å². The van der Waals surface area contributed by atoms with Crippen molar-refractivity contribution < 1.29 is 17.7 Å². The number of rotatable bonds is 11. The summed E-state index contributed by atoms with van der Waals surface area (Å²) in [5.41, 5.74) is 38.1. The van der Waals surface area contributed by atoms with Crippen LogP contribution >= 0.6 is 0 Å². The summed E-state index contributed by atoms with van der Waals surface area (Å²) >= 11 is 0. The maximum atomic E-state index is 6.50. The number of hydrogen-bond acceptors (Lipinski definition) is 7. The molecule has 3 aliphatic carbocycles. The molecule has 0 fully saturated rings.